The molecule has 0 spiro atoms. The molecule has 3 aromatic rings. The SMILES string of the molecule is N#Cc1ccc(NS(=O)(=O)c2c[nH]c(-c3ncccc3C(F)(F)F)c2)c(F)c1. The summed E-state index contributed by atoms with van der Waals surface area (Å²) in [6.07, 6.45) is -2.57. The van der Waals surface area contributed by atoms with Crippen LogP contribution in [0.1, 0.15) is 11.1 Å². The number of aromatic amines is 1. The zero-order valence-electron chi connectivity index (χ0n) is 13.7. The predicted octanol–water partition coefficient (Wildman–Crippen LogP) is 3.91. The van der Waals surface area contributed by atoms with E-state index >= 15 is 0 Å². The molecule has 0 aliphatic carbocycles. The van der Waals surface area contributed by atoms with Crippen molar-refractivity contribution in [3.63, 3.8) is 0 Å². The zero-order valence-corrected chi connectivity index (χ0v) is 14.6. The van der Waals surface area contributed by atoms with Gasteiger partial charge in [-0.25, -0.2) is 12.8 Å². The lowest BCUT2D eigenvalue weighted by Gasteiger charge is -2.10. The number of nitrogens with zero attached hydrogens (tertiary/aromatic N) is 2. The highest BCUT2D eigenvalue weighted by Crippen LogP contribution is 2.35. The van der Waals surface area contributed by atoms with Gasteiger partial charge in [-0.1, -0.05) is 0 Å². The van der Waals surface area contributed by atoms with E-state index in [0.717, 1.165) is 42.7 Å². The normalized spacial score (nSPS) is 11.8. The van der Waals surface area contributed by atoms with Crippen molar-refractivity contribution in [3.05, 3.63) is 65.7 Å². The second kappa shape index (κ2) is 6.97. The predicted molar refractivity (Wildman–Crippen MR) is 90.9 cm³/mol. The second-order valence-corrected chi connectivity index (χ2v) is 7.24. The van der Waals surface area contributed by atoms with Gasteiger partial charge >= 0.3 is 6.18 Å². The van der Waals surface area contributed by atoms with E-state index < -0.39 is 43.9 Å². The molecule has 0 saturated heterocycles. The standard InChI is InChI=1S/C17H10F4N4O2S/c18-13-6-10(8-22)3-4-14(13)25-28(26,27)11-7-15(24-9-11)16-12(17(19,20)21)2-1-5-23-16/h1-7,9,24-25H. The van der Waals surface area contributed by atoms with Crippen LogP contribution in [0.15, 0.2) is 53.7 Å². The molecule has 0 aliphatic rings. The third kappa shape index (κ3) is 3.81. The maximum absolute atomic E-state index is 13.9. The molecule has 3 rings (SSSR count). The van der Waals surface area contributed by atoms with E-state index in [9.17, 15) is 26.0 Å². The molecule has 0 amide bonds. The van der Waals surface area contributed by atoms with Gasteiger partial charge in [0.05, 0.1) is 34.3 Å². The number of halogens is 4. The third-order valence-electron chi connectivity index (χ3n) is 3.68. The number of aromatic nitrogens is 2. The Morgan fingerprint density at radius 3 is 2.57 bits per heavy atom. The Morgan fingerprint density at radius 2 is 1.93 bits per heavy atom. The molecule has 28 heavy (non-hydrogen) atoms. The fourth-order valence-corrected chi connectivity index (χ4v) is 3.45. The highest BCUT2D eigenvalue weighted by atomic mass is 32.2. The van der Waals surface area contributed by atoms with Crippen LogP contribution in [0.2, 0.25) is 0 Å². The summed E-state index contributed by atoms with van der Waals surface area (Å²) in [6.45, 7) is 0. The minimum Gasteiger partial charge on any atom is -0.359 e. The van der Waals surface area contributed by atoms with Crippen LogP contribution in [0.25, 0.3) is 11.4 Å². The van der Waals surface area contributed by atoms with Crippen LogP contribution in [-0.2, 0) is 16.2 Å². The average molecular weight is 410 g/mol. The second-order valence-electron chi connectivity index (χ2n) is 5.56. The molecule has 0 bridgehead atoms. The maximum atomic E-state index is 13.9. The molecule has 1 aromatic carbocycles. The number of hydrogen-bond donors (Lipinski definition) is 2. The van der Waals surface area contributed by atoms with E-state index in [0.29, 0.717) is 0 Å². The van der Waals surface area contributed by atoms with Gasteiger partial charge in [-0.3, -0.25) is 9.71 Å². The number of hydrogen-bond acceptors (Lipinski definition) is 4. The van der Waals surface area contributed by atoms with Crippen molar-refractivity contribution < 1.29 is 26.0 Å². The summed E-state index contributed by atoms with van der Waals surface area (Å²) in [5, 5.41) is 8.71. The number of nitrogens with one attached hydrogen (secondary N) is 2. The van der Waals surface area contributed by atoms with E-state index in [4.69, 9.17) is 5.26 Å². The molecule has 0 saturated carbocycles. The van der Waals surface area contributed by atoms with Crippen molar-refractivity contribution in [3.8, 4) is 17.5 Å². The Kier molecular flexibility index (Phi) is 4.82. The Labute approximate surface area is 156 Å². The molecular formula is C17H10F4N4O2S. The summed E-state index contributed by atoms with van der Waals surface area (Å²) in [5.74, 6) is -0.970. The van der Waals surface area contributed by atoms with E-state index in [2.05, 4.69) is 9.97 Å². The van der Waals surface area contributed by atoms with Gasteiger partial charge in [-0.15, -0.1) is 0 Å². The summed E-state index contributed by atoms with van der Waals surface area (Å²) in [7, 11) is -4.30. The van der Waals surface area contributed by atoms with Crippen molar-refractivity contribution in [2.75, 3.05) is 4.72 Å². The van der Waals surface area contributed by atoms with Crippen LogP contribution in [0.3, 0.4) is 0 Å². The number of rotatable bonds is 4. The molecule has 0 radical (unpaired) electrons. The van der Waals surface area contributed by atoms with Crippen molar-refractivity contribution in [2.45, 2.75) is 11.1 Å². The van der Waals surface area contributed by atoms with Gasteiger partial charge in [0.15, 0.2) is 0 Å². The largest absolute Gasteiger partial charge is 0.418 e. The Hall–Kier alpha value is -3.39. The third-order valence-corrected chi connectivity index (χ3v) is 5.02. The number of benzene rings is 1. The van der Waals surface area contributed by atoms with Crippen LogP contribution in [-0.4, -0.2) is 18.4 Å². The number of alkyl halides is 3. The smallest absolute Gasteiger partial charge is 0.359 e. The van der Waals surface area contributed by atoms with E-state index in [-0.39, 0.29) is 11.3 Å². The molecule has 144 valence electrons. The first-order valence-electron chi connectivity index (χ1n) is 7.55. The average Bonchev–Trinajstić information content (AvgIpc) is 3.13. The summed E-state index contributed by atoms with van der Waals surface area (Å²) in [5.41, 5.74) is -2.09. The lowest BCUT2D eigenvalue weighted by molar-refractivity contribution is -0.137. The molecule has 0 fully saturated rings. The van der Waals surface area contributed by atoms with Gasteiger partial charge in [-0.05, 0) is 36.4 Å². The van der Waals surface area contributed by atoms with E-state index in [1.807, 2.05) is 4.72 Å². The van der Waals surface area contributed by atoms with Gasteiger partial charge in [0.1, 0.15) is 10.7 Å². The topological polar surface area (TPSA) is 98.6 Å². The van der Waals surface area contributed by atoms with Crippen molar-refractivity contribution in [2.24, 2.45) is 0 Å². The summed E-state index contributed by atoms with van der Waals surface area (Å²) < 4.78 is 80.1. The monoisotopic (exact) mass is 410 g/mol. The van der Waals surface area contributed by atoms with Gasteiger partial charge in [-0.2, -0.15) is 18.4 Å². The molecule has 6 nitrogen and oxygen atoms in total. The number of pyridine rings is 1. The summed E-state index contributed by atoms with van der Waals surface area (Å²) in [6, 6.07) is 7.74. The highest BCUT2D eigenvalue weighted by molar-refractivity contribution is 7.92. The maximum Gasteiger partial charge on any atom is 0.418 e. The van der Waals surface area contributed by atoms with Crippen LogP contribution < -0.4 is 4.72 Å². The Balaban J connectivity index is 1.95. The van der Waals surface area contributed by atoms with Gasteiger partial charge in [0.25, 0.3) is 10.0 Å². The highest BCUT2D eigenvalue weighted by Gasteiger charge is 2.35. The number of sulfonamides is 1. The minimum atomic E-state index is -4.68. The van der Waals surface area contributed by atoms with Crippen molar-refractivity contribution in [1.29, 1.82) is 5.26 Å². The zero-order chi connectivity index (χ0) is 20.5. The molecule has 0 atom stereocenters. The fourth-order valence-electron chi connectivity index (χ4n) is 2.39. The van der Waals surface area contributed by atoms with Gasteiger partial charge in [0.2, 0.25) is 0 Å². The van der Waals surface area contributed by atoms with Crippen molar-refractivity contribution in [1.82, 2.24) is 9.97 Å². The minimum absolute atomic E-state index is 0.000731. The number of anilines is 1. The Morgan fingerprint density at radius 1 is 1.18 bits per heavy atom. The van der Waals surface area contributed by atoms with Gasteiger partial charge < -0.3 is 4.98 Å². The fraction of sp³-hybridized carbons (Fsp3) is 0.0588. The van der Waals surface area contributed by atoms with E-state index in [1.165, 1.54) is 6.07 Å². The van der Waals surface area contributed by atoms with Crippen LogP contribution in [0, 0.1) is 17.1 Å². The first-order chi connectivity index (χ1) is 13.1. The van der Waals surface area contributed by atoms with Crippen molar-refractivity contribution >= 4 is 15.7 Å². The van der Waals surface area contributed by atoms with E-state index in [1.54, 1.807) is 6.07 Å². The number of nitriles is 1. The van der Waals surface area contributed by atoms with Gasteiger partial charge in [0, 0.05) is 12.4 Å². The molecule has 0 aliphatic heterocycles. The molecule has 0 unspecified atom stereocenters. The van der Waals surface area contributed by atoms with Crippen LogP contribution >= 0.6 is 0 Å². The molecule has 2 heterocycles. The molecule has 2 N–H and O–H groups in total. The number of H-pyrrole nitrogens is 1. The first-order valence-corrected chi connectivity index (χ1v) is 9.03. The Bertz CT molecular complexity index is 1180. The lowest BCUT2D eigenvalue weighted by atomic mass is 10.1. The first kappa shape index (κ1) is 19.4. The molecule has 11 heteroatoms. The summed E-state index contributed by atoms with van der Waals surface area (Å²) in [4.78, 5) is 5.70. The quantitative estimate of drug-likeness (QED) is 0.637. The lowest BCUT2D eigenvalue weighted by Crippen LogP contribution is -2.13. The van der Waals surface area contributed by atoms with Crippen LogP contribution in [0.4, 0.5) is 23.2 Å². The molecular weight excluding hydrogens is 400 g/mol. The molecule has 2 aromatic heterocycles. The van der Waals surface area contributed by atoms with Crippen LogP contribution in [0.5, 0.6) is 0 Å². The summed E-state index contributed by atoms with van der Waals surface area (Å²) >= 11 is 0.